The van der Waals surface area contributed by atoms with E-state index in [0.29, 0.717) is 12.0 Å². The number of nitrogens with one attached hydrogen (secondary N) is 6. The van der Waals surface area contributed by atoms with Crippen LogP contribution >= 0.6 is 0 Å². The number of carbonyl (C=O) groups excluding carboxylic acids is 7. The maximum Gasteiger partial charge on any atom is 0.327 e. The molecule has 0 bridgehead atoms. The van der Waals surface area contributed by atoms with Crippen LogP contribution in [0.25, 0.3) is 0 Å². The molecule has 0 saturated carbocycles. The summed E-state index contributed by atoms with van der Waals surface area (Å²) in [7, 11) is 2.89. The second-order valence-electron chi connectivity index (χ2n) is 18.5. The molecule has 2 rings (SSSR count). The van der Waals surface area contributed by atoms with Crippen LogP contribution in [0, 0.1) is 23.7 Å². The van der Waals surface area contributed by atoms with E-state index >= 15 is 0 Å². The van der Waals surface area contributed by atoms with Gasteiger partial charge >= 0.3 is 11.9 Å². The Morgan fingerprint density at radius 3 is 2.01 bits per heavy atom. The number of likely N-dealkylation sites (N-methyl/N-ethyl adjacent to an activating group) is 1. The number of carbonyl (C=O) groups is 9. The van der Waals surface area contributed by atoms with Crippen LogP contribution in [-0.2, 0) is 54.3 Å². The molecular weight excluding hydrogens is 933 g/mol. The number of nitrogens with zero attached hydrogens (tertiary/aromatic N) is 2. The maximum atomic E-state index is 14.4. The molecule has 1 aliphatic rings. The summed E-state index contributed by atoms with van der Waals surface area (Å²) in [5.74, 6) is -12.4. The normalized spacial score (nSPS) is 25.7. The number of amides is 7. The lowest BCUT2D eigenvalue weighted by Crippen LogP contribution is -2.59. The lowest BCUT2D eigenvalue weighted by atomic mass is 9.94. The van der Waals surface area contributed by atoms with E-state index in [9.17, 15) is 53.4 Å². The first-order chi connectivity index (χ1) is 33.8. The highest BCUT2D eigenvalue weighted by Gasteiger charge is 2.37. The molecule has 0 unspecified atom stereocenters. The predicted molar refractivity (Wildman–Crippen MR) is 269 cm³/mol. The van der Waals surface area contributed by atoms with E-state index in [0.717, 1.165) is 10.5 Å². The minimum atomic E-state index is -1.88. The lowest BCUT2D eigenvalue weighted by molar-refractivity contribution is -0.146. The molecule has 22 heteroatoms. The van der Waals surface area contributed by atoms with Crippen LogP contribution in [0.4, 0.5) is 0 Å². The number of guanidine groups is 1. The number of allylic oxidation sites excluding steroid dienone is 3. The van der Waals surface area contributed by atoms with Gasteiger partial charge in [0, 0.05) is 33.0 Å². The van der Waals surface area contributed by atoms with Crippen LogP contribution in [0.3, 0.4) is 0 Å². The number of benzene rings is 1. The Morgan fingerprint density at radius 1 is 0.833 bits per heavy atom. The summed E-state index contributed by atoms with van der Waals surface area (Å²) in [6.07, 6.45) is 6.02. The van der Waals surface area contributed by atoms with Crippen LogP contribution in [0.5, 0.6) is 0 Å². The van der Waals surface area contributed by atoms with E-state index in [4.69, 9.17) is 16.2 Å². The monoisotopic (exact) mass is 1010 g/mol. The van der Waals surface area contributed by atoms with Gasteiger partial charge in [0.2, 0.25) is 35.4 Å². The van der Waals surface area contributed by atoms with Crippen LogP contribution < -0.4 is 43.4 Å². The first kappa shape index (κ1) is 61.0. The molecule has 22 nitrogen and oxygen atoms in total. The molecule has 0 aromatic heterocycles. The molecule has 0 radical (unpaired) electrons. The van der Waals surface area contributed by atoms with Gasteiger partial charge in [0.05, 0.1) is 24.0 Å². The molecule has 7 amide bonds. The van der Waals surface area contributed by atoms with Crippen molar-refractivity contribution in [2.24, 2.45) is 40.1 Å². The van der Waals surface area contributed by atoms with Gasteiger partial charge in [0.25, 0.3) is 5.91 Å². The predicted octanol–water partition coefficient (Wildman–Crippen LogP) is 1.01. The summed E-state index contributed by atoms with van der Waals surface area (Å²) >= 11 is 0. The van der Waals surface area contributed by atoms with E-state index in [2.05, 4.69) is 36.9 Å². The fraction of sp³-hybridized carbons (Fsp3) is 0.560. The standard InChI is InChI=1S/C50H76N10O12/c1-11-38-47(67)54-32(8)44(64)58-37(24-27(2)3)46(66)59-41(49(70)71)31(7)43(63)56-35(18-15-23-53-50(51)52)45(65)55-34(30(6)42(62)57-36(48(68)69)21-22-40(61)60(38)9)20-19-28(4)25-29(5)39(72-10)26-33-16-13-12-14-17-33/h11-14,16-17,19-20,25,27,29-32,34-37,39,41H,15,18,21-24,26H2,1-10H3,(H,54,67)(H,55,65)(H,56,63)(H,57,62)(H,58,64)(H,59,66)(H,68,69)(H,70,71)(H4,51,52,53)/b20-19+,28-25+,38-11+/t29-,30-,31-,32+,34-,35-,36+,37-,39-,41+/m0/s1. The SMILES string of the molecule is C/C=C1\C(=O)N[C@H](C)C(=O)N[C@@H](CC(C)C)C(=O)N[C@@H](C(=O)O)[C@H](C)C(=O)N[C@@H](CCCN=C(N)N)C(=O)N[C@@H](/C=C/C(C)=C/[C@H](C)[C@H](Cc2ccccc2)OC)[C@H](C)C(=O)N[C@@H](C(=O)O)CCC(=O)N1C. The molecule has 1 aliphatic heterocycles. The Balaban J connectivity index is 2.75. The number of ether oxygens (including phenoxy) is 1. The molecule has 398 valence electrons. The van der Waals surface area contributed by atoms with Crippen LogP contribution in [0.2, 0.25) is 0 Å². The molecule has 1 aromatic rings. The number of aliphatic imine (C=N–C) groups is 1. The van der Waals surface area contributed by atoms with Gasteiger partial charge in [-0.1, -0.05) is 94.8 Å². The number of aliphatic carboxylic acids is 2. The molecule has 0 spiro atoms. The summed E-state index contributed by atoms with van der Waals surface area (Å²) in [5.41, 5.74) is 12.6. The average Bonchev–Trinajstić information content (AvgIpc) is 3.31. The molecule has 1 fully saturated rings. The van der Waals surface area contributed by atoms with Crippen molar-refractivity contribution in [3.63, 3.8) is 0 Å². The first-order valence-electron chi connectivity index (χ1n) is 24.0. The Labute approximate surface area is 421 Å². The number of hydrogen-bond acceptors (Lipinski definition) is 11. The van der Waals surface area contributed by atoms with Gasteiger partial charge in [-0.2, -0.15) is 0 Å². The number of carboxylic acid groups (broad SMARTS) is 2. The molecule has 1 saturated heterocycles. The smallest absolute Gasteiger partial charge is 0.327 e. The average molecular weight is 1010 g/mol. The number of carboxylic acids is 2. The molecule has 72 heavy (non-hydrogen) atoms. The van der Waals surface area contributed by atoms with E-state index < -0.39 is 114 Å². The van der Waals surface area contributed by atoms with Gasteiger partial charge in [0.15, 0.2) is 5.96 Å². The van der Waals surface area contributed by atoms with Gasteiger partial charge in [-0.15, -0.1) is 0 Å². The van der Waals surface area contributed by atoms with Crippen molar-refractivity contribution in [3.05, 3.63) is 71.5 Å². The maximum absolute atomic E-state index is 14.4. The zero-order valence-electron chi connectivity index (χ0n) is 43.0. The third-order valence-electron chi connectivity index (χ3n) is 12.2. The van der Waals surface area contributed by atoms with E-state index in [1.807, 2.05) is 43.3 Å². The largest absolute Gasteiger partial charge is 0.480 e. The lowest BCUT2D eigenvalue weighted by Gasteiger charge is -2.28. The van der Waals surface area contributed by atoms with Crippen molar-refractivity contribution < 1.29 is 58.1 Å². The zero-order chi connectivity index (χ0) is 54.4. The van der Waals surface area contributed by atoms with Gasteiger partial charge < -0.3 is 63.2 Å². The highest BCUT2D eigenvalue weighted by Crippen LogP contribution is 2.19. The van der Waals surface area contributed by atoms with Crippen LogP contribution in [0.15, 0.2) is 70.9 Å². The molecule has 10 atom stereocenters. The summed E-state index contributed by atoms with van der Waals surface area (Å²) in [4.78, 5) is 127. The molecule has 0 aliphatic carbocycles. The summed E-state index contributed by atoms with van der Waals surface area (Å²) in [6, 6.07) is 1.06. The summed E-state index contributed by atoms with van der Waals surface area (Å²) in [6.45, 7) is 12.8. The molecule has 12 N–H and O–H groups in total. The number of nitrogens with two attached hydrogens (primary N) is 2. The number of rotatable bonds is 15. The number of methoxy groups -OCH3 is 1. The second kappa shape index (κ2) is 29.9. The van der Waals surface area contributed by atoms with E-state index in [1.54, 1.807) is 34.0 Å². The fourth-order valence-corrected chi connectivity index (χ4v) is 7.76. The van der Waals surface area contributed by atoms with Crippen molar-refractivity contribution in [2.75, 3.05) is 20.7 Å². The summed E-state index contributed by atoms with van der Waals surface area (Å²) < 4.78 is 5.82. The Kier molecular flexibility index (Phi) is 25.4. The van der Waals surface area contributed by atoms with E-state index in [-0.39, 0.29) is 55.4 Å². The third-order valence-corrected chi connectivity index (χ3v) is 12.2. The van der Waals surface area contributed by atoms with Gasteiger partial charge in [-0.3, -0.25) is 38.6 Å². The van der Waals surface area contributed by atoms with Crippen molar-refractivity contribution in [1.82, 2.24) is 36.8 Å². The van der Waals surface area contributed by atoms with Gasteiger partial charge in [-0.05, 0) is 64.4 Å². The Bertz CT molecular complexity index is 2190. The van der Waals surface area contributed by atoms with Gasteiger partial charge in [0.1, 0.15) is 35.9 Å². The third kappa shape index (κ3) is 20.0. The molecular formula is C50H76N10O12. The van der Waals surface area contributed by atoms with Crippen molar-refractivity contribution in [2.45, 2.75) is 136 Å². The molecule has 1 heterocycles. The van der Waals surface area contributed by atoms with Crippen molar-refractivity contribution in [3.8, 4) is 0 Å². The topological polar surface area (TPSA) is 343 Å². The van der Waals surface area contributed by atoms with Gasteiger partial charge in [-0.25, -0.2) is 9.59 Å². The Morgan fingerprint density at radius 2 is 1.44 bits per heavy atom. The van der Waals surface area contributed by atoms with Crippen molar-refractivity contribution >= 4 is 59.2 Å². The molecule has 1 aromatic carbocycles. The van der Waals surface area contributed by atoms with Crippen LogP contribution in [0.1, 0.15) is 93.1 Å². The highest BCUT2D eigenvalue weighted by atomic mass is 16.5. The zero-order valence-corrected chi connectivity index (χ0v) is 43.0. The minimum absolute atomic E-state index is 0.0134. The van der Waals surface area contributed by atoms with E-state index in [1.165, 1.54) is 46.9 Å². The fourth-order valence-electron chi connectivity index (χ4n) is 7.76. The second-order valence-corrected chi connectivity index (χ2v) is 18.5. The first-order valence-corrected chi connectivity index (χ1v) is 24.0. The Hall–Kier alpha value is -7.10. The minimum Gasteiger partial charge on any atom is -0.480 e. The highest BCUT2D eigenvalue weighted by molar-refractivity contribution is 6.00. The van der Waals surface area contributed by atoms with Crippen molar-refractivity contribution in [1.29, 1.82) is 0 Å². The van der Waals surface area contributed by atoms with Crippen LogP contribution in [-0.4, -0.2) is 137 Å². The summed E-state index contributed by atoms with van der Waals surface area (Å²) in [5, 5.41) is 35.7. The quantitative estimate of drug-likeness (QED) is 0.0386. The number of hydrogen-bond donors (Lipinski definition) is 10.